The molecule has 3 aromatic rings. The molecule has 0 amide bonds. The Balaban J connectivity index is 1.95. The lowest BCUT2D eigenvalue weighted by Gasteiger charge is -2.31. The van der Waals surface area contributed by atoms with Crippen molar-refractivity contribution < 1.29 is 0 Å². The van der Waals surface area contributed by atoms with Gasteiger partial charge in [0.2, 0.25) is 0 Å². The van der Waals surface area contributed by atoms with Crippen LogP contribution in [0.5, 0.6) is 0 Å². The molecule has 0 radical (unpaired) electrons. The van der Waals surface area contributed by atoms with E-state index in [1.54, 1.807) is 0 Å². The minimum Gasteiger partial charge on any atom is -0.295 e. The highest BCUT2D eigenvalue weighted by Gasteiger charge is 2.21. The topological polar surface area (TPSA) is 16.1 Å². The summed E-state index contributed by atoms with van der Waals surface area (Å²) in [6.45, 7) is 14.4. The molecule has 1 atom stereocenters. The van der Waals surface area contributed by atoms with Crippen molar-refractivity contribution in [2.75, 3.05) is 7.05 Å². The van der Waals surface area contributed by atoms with Crippen molar-refractivity contribution in [2.45, 2.75) is 73.4 Å². The highest BCUT2D eigenvalue weighted by atomic mass is 15.1. The lowest BCUT2D eigenvalue weighted by atomic mass is 9.92. The first-order valence-corrected chi connectivity index (χ1v) is 12.2. The molecule has 2 aromatic carbocycles. The fourth-order valence-corrected chi connectivity index (χ4v) is 4.85. The van der Waals surface area contributed by atoms with E-state index in [4.69, 9.17) is 4.98 Å². The summed E-state index contributed by atoms with van der Waals surface area (Å²) in [6, 6.07) is 20.3. The smallest absolute Gasteiger partial charge is 0.0713 e. The molecule has 1 heterocycles. The Kier molecular flexibility index (Phi) is 8.26. The van der Waals surface area contributed by atoms with Crippen LogP contribution in [0.1, 0.15) is 73.7 Å². The Morgan fingerprint density at radius 1 is 0.875 bits per heavy atom. The molecule has 0 aliphatic carbocycles. The standard InChI is InChI=1S/C30H40N2/c1-8-24-16-13-17-25(9-2)30(24)28-19-22(5)27(23(6)31-28)20-32(7)29(18-21(3)4)26-14-11-10-12-15-26/h10-17,19,21,29H,8-9,18,20H2,1-7H3. The number of nitrogens with zero attached hydrogens (tertiary/aromatic N) is 2. The molecule has 0 aliphatic rings. The summed E-state index contributed by atoms with van der Waals surface area (Å²) in [4.78, 5) is 7.64. The molecule has 0 spiro atoms. The van der Waals surface area contributed by atoms with Gasteiger partial charge in [0.25, 0.3) is 0 Å². The number of pyridine rings is 1. The quantitative estimate of drug-likeness (QED) is 0.347. The van der Waals surface area contributed by atoms with E-state index < -0.39 is 0 Å². The van der Waals surface area contributed by atoms with Crippen LogP contribution in [0.15, 0.2) is 54.6 Å². The molecule has 0 aliphatic heterocycles. The number of benzene rings is 2. The summed E-state index contributed by atoms with van der Waals surface area (Å²) in [5.74, 6) is 0.642. The zero-order valence-electron chi connectivity index (χ0n) is 21.1. The van der Waals surface area contributed by atoms with E-state index >= 15 is 0 Å². The van der Waals surface area contributed by atoms with Crippen LogP contribution in [0, 0.1) is 19.8 Å². The molecule has 2 heteroatoms. The van der Waals surface area contributed by atoms with Crippen LogP contribution in [-0.4, -0.2) is 16.9 Å². The maximum Gasteiger partial charge on any atom is 0.0713 e. The Labute approximate surface area is 195 Å². The van der Waals surface area contributed by atoms with E-state index in [-0.39, 0.29) is 0 Å². The van der Waals surface area contributed by atoms with Crippen molar-refractivity contribution in [3.05, 3.63) is 88.1 Å². The Morgan fingerprint density at radius 3 is 2.03 bits per heavy atom. The van der Waals surface area contributed by atoms with E-state index in [0.717, 1.165) is 37.2 Å². The average Bonchev–Trinajstić information content (AvgIpc) is 2.79. The number of rotatable bonds is 9. The molecule has 0 fully saturated rings. The summed E-state index contributed by atoms with van der Waals surface area (Å²) in [7, 11) is 2.26. The van der Waals surface area contributed by atoms with Gasteiger partial charge in [0, 0.05) is 23.8 Å². The van der Waals surface area contributed by atoms with Crippen LogP contribution in [0.4, 0.5) is 0 Å². The molecule has 0 N–H and O–H groups in total. The van der Waals surface area contributed by atoms with Crippen molar-refractivity contribution >= 4 is 0 Å². The molecule has 3 rings (SSSR count). The Hall–Kier alpha value is -2.45. The van der Waals surface area contributed by atoms with Gasteiger partial charge in [0.1, 0.15) is 0 Å². The van der Waals surface area contributed by atoms with Gasteiger partial charge >= 0.3 is 0 Å². The van der Waals surface area contributed by atoms with Crippen molar-refractivity contribution in [1.82, 2.24) is 9.88 Å². The maximum absolute atomic E-state index is 5.14. The highest BCUT2D eigenvalue weighted by molar-refractivity contribution is 5.69. The van der Waals surface area contributed by atoms with E-state index in [2.05, 4.69) is 108 Å². The second-order valence-electron chi connectivity index (χ2n) is 9.52. The van der Waals surface area contributed by atoms with Crippen molar-refractivity contribution in [1.29, 1.82) is 0 Å². The normalized spacial score (nSPS) is 12.5. The summed E-state index contributed by atoms with van der Waals surface area (Å²) in [5.41, 5.74) is 10.5. The number of hydrogen-bond donors (Lipinski definition) is 0. The first-order valence-electron chi connectivity index (χ1n) is 12.2. The van der Waals surface area contributed by atoms with E-state index in [1.807, 2.05) is 0 Å². The summed E-state index contributed by atoms with van der Waals surface area (Å²) >= 11 is 0. The molecular formula is C30H40N2. The largest absolute Gasteiger partial charge is 0.295 e. The maximum atomic E-state index is 5.14. The predicted molar refractivity (Wildman–Crippen MR) is 138 cm³/mol. The van der Waals surface area contributed by atoms with Crippen LogP contribution in [-0.2, 0) is 19.4 Å². The third kappa shape index (κ3) is 5.48. The fraction of sp³-hybridized carbons (Fsp3) is 0.433. The molecule has 0 bridgehead atoms. The monoisotopic (exact) mass is 428 g/mol. The SMILES string of the molecule is CCc1cccc(CC)c1-c1cc(C)c(CN(C)C(CC(C)C)c2ccccc2)c(C)n1. The van der Waals surface area contributed by atoms with Gasteiger partial charge in [-0.3, -0.25) is 9.88 Å². The van der Waals surface area contributed by atoms with Crippen LogP contribution < -0.4 is 0 Å². The Morgan fingerprint density at radius 2 is 1.50 bits per heavy atom. The lowest BCUT2D eigenvalue weighted by molar-refractivity contribution is 0.206. The van der Waals surface area contributed by atoms with E-state index in [0.29, 0.717) is 12.0 Å². The molecule has 170 valence electrons. The second kappa shape index (κ2) is 10.9. The summed E-state index contributed by atoms with van der Waals surface area (Å²) in [5, 5.41) is 0. The fourth-order valence-electron chi connectivity index (χ4n) is 4.85. The second-order valence-corrected chi connectivity index (χ2v) is 9.52. The lowest BCUT2D eigenvalue weighted by Crippen LogP contribution is -2.26. The molecule has 0 saturated heterocycles. The van der Waals surface area contributed by atoms with Gasteiger partial charge in [-0.1, -0.05) is 76.2 Å². The molecular weight excluding hydrogens is 388 g/mol. The van der Waals surface area contributed by atoms with Gasteiger partial charge in [0.15, 0.2) is 0 Å². The van der Waals surface area contributed by atoms with Gasteiger partial charge < -0.3 is 0 Å². The summed E-state index contributed by atoms with van der Waals surface area (Å²) in [6.07, 6.45) is 3.21. The van der Waals surface area contributed by atoms with Crippen molar-refractivity contribution in [3.8, 4) is 11.3 Å². The van der Waals surface area contributed by atoms with Crippen molar-refractivity contribution in [3.63, 3.8) is 0 Å². The van der Waals surface area contributed by atoms with Crippen LogP contribution in [0.3, 0.4) is 0 Å². The minimum absolute atomic E-state index is 0.405. The van der Waals surface area contributed by atoms with Gasteiger partial charge in [0.05, 0.1) is 5.69 Å². The molecule has 2 nitrogen and oxygen atoms in total. The van der Waals surface area contributed by atoms with E-state index in [9.17, 15) is 0 Å². The zero-order valence-corrected chi connectivity index (χ0v) is 21.1. The molecule has 1 aromatic heterocycles. The molecule has 1 unspecified atom stereocenters. The average molecular weight is 429 g/mol. The van der Waals surface area contributed by atoms with Gasteiger partial charge in [-0.15, -0.1) is 0 Å². The van der Waals surface area contributed by atoms with Crippen LogP contribution in [0.2, 0.25) is 0 Å². The number of aromatic nitrogens is 1. The van der Waals surface area contributed by atoms with E-state index in [1.165, 1.54) is 33.4 Å². The van der Waals surface area contributed by atoms with Gasteiger partial charge in [-0.2, -0.15) is 0 Å². The first-order chi connectivity index (χ1) is 15.3. The third-order valence-electron chi connectivity index (χ3n) is 6.63. The van der Waals surface area contributed by atoms with Gasteiger partial charge in [-0.05, 0) is 80.0 Å². The summed E-state index contributed by atoms with van der Waals surface area (Å²) < 4.78 is 0. The van der Waals surface area contributed by atoms with Crippen LogP contribution >= 0.6 is 0 Å². The molecule has 32 heavy (non-hydrogen) atoms. The van der Waals surface area contributed by atoms with Gasteiger partial charge in [-0.25, -0.2) is 0 Å². The first kappa shape index (κ1) is 24.2. The third-order valence-corrected chi connectivity index (χ3v) is 6.63. The zero-order chi connectivity index (χ0) is 23.3. The molecule has 0 saturated carbocycles. The highest BCUT2D eigenvalue weighted by Crippen LogP contribution is 2.32. The Bertz CT molecular complexity index is 975. The predicted octanol–water partition coefficient (Wildman–Crippen LogP) is 7.71. The minimum atomic E-state index is 0.405. The number of aryl methyl sites for hydroxylation is 4. The van der Waals surface area contributed by atoms with Crippen molar-refractivity contribution in [2.24, 2.45) is 5.92 Å². The number of hydrogen-bond acceptors (Lipinski definition) is 2. The van der Waals surface area contributed by atoms with Crippen LogP contribution in [0.25, 0.3) is 11.3 Å².